The van der Waals surface area contributed by atoms with E-state index < -0.39 is 34.8 Å². The summed E-state index contributed by atoms with van der Waals surface area (Å²) in [7, 11) is 0. The maximum Gasteiger partial charge on any atom is 0.417 e. The highest BCUT2D eigenvalue weighted by Crippen LogP contribution is 2.39. The van der Waals surface area contributed by atoms with Crippen LogP contribution in [0.1, 0.15) is 30.5 Å². The molecule has 0 N–H and O–H groups in total. The topological polar surface area (TPSA) is 73.6 Å². The number of urea groups is 1. The number of nitrogens with zero attached hydrogens (tertiary/aromatic N) is 3. The summed E-state index contributed by atoms with van der Waals surface area (Å²) in [5, 5.41) is 9.05. The Kier molecular flexibility index (Phi) is 5.99. The molecular formula is C26H20F3N3O3. The Morgan fingerprint density at radius 3 is 2.29 bits per heavy atom. The minimum absolute atomic E-state index is 0.0144. The molecule has 178 valence electrons. The van der Waals surface area contributed by atoms with Gasteiger partial charge in [-0.15, -0.1) is 0 Å². The Hall–Kier alpha value is -4.32. The molecule has 3 amide bonds. The number of imide groups is 1. The maximum absolute atomic E-state index is 13.5. The summed E-state index contributed by atoms with van der Waals surface area (Å²) in [4.78, 5) is 28.6. The summed E-state index contributed by atoms with van der Waals surface area (Å²) in [6.45, 7) is 3.05. The van der Waals surface area contributed by atoms with E-state index in [4.69, 9.17) is 10.00 Å². The Balaban J connectivity index is 1.68. The molecule has 0 radical (unpaired) electrons. The number of ether oxygens (including phenoxy) is 1. The van der Waals surface area contributed by atoms with Gasteiger partial charge in [0.25, 0.3) is 5.91 Å². The van der Waals surface area contributed by atoms with Gasteiger partial charge in [-0.25, -0.2) is 9.69 Å². The fraction of sp³-hybridized carbons (Fsp3) is 0.192. The van der Waals surface area contributed by atoms with Gasteiger partial charge in [0.1, 0.15) is 17.0 Å². The van der Waals surface area contributed by atoms with E-state index in [1.807, 2.05) is 18.2 Å². The van der Waals surface area contributed by atoms with Gasteiger partial charge in [-0.3, -0.25) is 4.79 Å². The van der Waals surface area contributed by atoms with Crippen molar-refractivity contribution in [2.45, 2.75) is 32.1 Å². The van der Waals surface area contributed by atoms with Crippen molar-refractivity contribution in [3.63, 3.8) is 0 Å². The van der Waals surface area contributed by atoms with E-state index in [2.05, 4.69) is 0 Å². The molecule has 1 saturated heterocycles. The second-order valence-electron chi connectivity index (χ2n) is 8.43. The first kappa shape index (κ1) is 23.8. The highest BCUT2D eigenvalue weighted by molar-refractivity contribution is 6.23. The van der Waals surface area contributed by atoms with Crippen molar-refractivity contribution < 1.29 is 27.5 Å². The van der Waals surface area contributed by atoms with E-state index in [-0.39, 0.29) is 12.2 Å². The molecule has 0 saturated carbocycles. The highest BCUT2D eigenvalue weighted by atomic mass is 19.4. The lowest BCUT2D eigenvalue weighted by atomic mass is 10.0. The lowest BCUT2D eigenvalue weighted by Crippen LogP contribution is -2.43. The second-order valence-corrected chi connectivity index (χ2v) is 8.43. The zero-order valence-corrected chi connectivity index (χ0v) is 18.8. The van der Waals surface area contributed by atoms with Crippen molar-refractivity contribution in [1.82, 2.24) is 4.90 Å². The molecule has 3 aromatic rings. The Morgan fingerprint density at radius 2 is 1.63 bits per heavy atom. The summed E-state index contributed by atoms with van der Waals surface area (Å²) >= 11 is 0. The van der Waals surface area contributed by atoms with Gasteiger partial charge in [0.2, 0.25) is 0 Å². The standard InChI is InChI=1S/C26H20F3N3O3/c1-25(2)23(33)32(19-13-12-17(15-30)21(14-19)26(27,28)29)24(34)31(25)16-18-8-6-7-11-22(18)35-20-9-4-3-5-10-20/h3-14H,16H2,1-2H3. The fourth-order valence-corrected chi connectivity index (χ4v) is 3.85. The minimum Gasteiger partial charge on any atom is -0.457 e. The van der Waals surface area contributed by atoms with E-state index in [1.54, 1.807) is 36.4 Å². The number of amides is 3. The normalized spacial score (nSPS) is 15.3. The third kappa shape index (κ3) is 4.43. The molecule has 0 atom stereocenters. The van der Waals surface area contributed by atoms with Crippen LogP contribution in [-0.4, -0.2) is 22.4 Å². The molecule has 0 bridgehead atoms. The van der Waals surface area contributed by atoms with Crippen molar-refractivity contribution >= 4 is 17.6 Å². The minimum atomic E-state index is -4.82. The second kappa shape index (κ2) is 8.80. The van der Waals surface area contributed by atoms with Gasteiger partial charge < -0.3 is 9.64 Å². The number of para-hydroxylation sites is 2. The molecule has 1 heterocycles. The molecular weight excluding hydrogens is 459 g/mol. The number of benzene rings is 3. The Bertz CT molecular complexity index is 1330. The summed E-state index contributed by atoms with van der Waals surface area (Å²) in [6, 6.07) is 19.5. The SMILES string of the molecule is CC1(C)C(=O)N(c2ccc(C#N)c(C(F)(F)F)c2)C(=O)N1Cc1ccccc1Oc1ccccc1. The molecule has 1 fully saturated rings. The lowest BCUT2D eigenvalue weighted by molar-refractivity contribution is -0.137. The van der Waals surface area contributed by atoms with E-state index >= 15 is 0 Å². The van der Waals surface area contributed by atoms with Crippen LogP contribution in [0, 0.1) is 11.3 Å². The van der Waals surface area contributed by atoms with Gasteiger partial charge in [-0.1, -0.05) is 36.4 Å². The van der Waals surface area contributed by atoms with E-state index in [9.17, 15) is 22.8 Å². The van der Waals surface area contributed by atoms with Gasteiger partial charge in [-0.05, 0) is 50.2 Å². The van der Waals surface area contributed by atoms with Crippen LogP contribution >= 0.6 is 0 Å². The van der Waals surface area contributed by atoms with Crippen LogP contribution in [-0.2, 0) is 17.5 Å². The van der Waals surface area contributed by atoms with Crippen LogP contribution in [0.3, 0.4) is 0 Å². The van der Waals surface area contributed by atoms with Crippen LogP contribution in [0.4, 0.5) is 23.7 Å². The van der Waals surface area contributed by atoms with Crippen LogP contribution in [0.15, 0.2) is 72.8 Å². The van der Waals surface area contributed by atoms with Crippen molar-refractivity contribution in [3.05, 3.63) is 89.5 Å². The Morgan fingerprint density at radius 1 is 0.971 bits per heavy atom. The molecule has 0 spiro atoms. The molecule has 3 aromatic carbocycles. The lowest BCUT2D eigenvalue weighted by Gasteiger charge is -2.28. The smallest absolute Gasteiger partial charge is 0.417 e. The predicted octanol–water partition coefficient (Wildman–Crippen LogP) is 6.12. The number of hydrogen-bond donors (Lipinski definition) is 0. The summed E-state index contributed by atoms with van der Waals surface area (Å²) < 4.78 is 46.4. The van der Waals surface area contributed by atoms with Gasteiger partial charge in [-0.2, -0.15) is 18.4 Å². The van der Waals surface area contributed by atoms with Crippen LogP contribution < -0.4 is 9.64 Å². The molecule has 35 heavy (non-hydrogen) atoms. The number of carbonyl (C=O) groups excluding carboxylic acids is 2. The van der Waals surface area contributed by atoms with Crippen molar-refractivity contribution in [1.29, 1.82) is 5.26 Å². The molecule has 1 aliphatic heterocycles. The first-order chi connectivity index (χ1) is 16.5. The first-order valence-corrected chi connectivity index (χ1v) is 10.6. The molecule has 0 aliphatic carbocycles. The first-order valence-electron chi connectivity index (χ1n) is 10.6. The van der Waals surface area contributed by atoms with Gasteiger partial charge >= 0.3 is 12.2 Å². The van der Waals surface area contributed by atoms with Gasteiger partial charge in [0.05, 0.1) is 29.4 Å². The molecule has 4 rings (SSSR count). The fourth-order valence-electron chi connectivity index (χ4n) is 3.85. The quantitative estimate of drug-likeness (QED) is 0.414. The van der Waals surface area contributed by atoms with E-state index in [0.717, 1.165) is 17.0 Å². The number of rotatable bonds is 5. The number of nitriles is 1. The van der Waals surface area contributed by atoms with Crippen molar-refractivity contribution in [3.8, 4) is 17.6 Å². The van der Waals surface area contributed by atoms with Crippen molar-refractivity contribution in [2.75, 3.05) is 4.90 Å². The number of anilines is 1. The summed E-state index contributed by atoms with van der Waals surface area (Å²) in [5.74, 6) is 0.384. The average molecular weight is 479 g/mol. The number of hydrogen-bond acceptors (Lipinski definition) is 4. The Labute approximate surface area is 199 Å². The van der Waals surface area contributed by atoms with Crippen LogP contribution in [0.5, 0.6) is 11.5 Å². The molecule has 1 aliphatic rings. The van der Waals surface area contributed by atoms with Crippen molar-refractivity contribution in [2.24, 2.45) is 0 Å². The van der Waals surface area contributed by atoms with Crippen LogP contribution in [0.2, 0.25) is 0 Å². The molecule has 9 heteroatoms. The largest absolute Gasteiger partial charge is 0.457 e. The van der Waals surface area contributed by atoms with Gasteiger partial charge in [0.15, 0.2) is 0 Å². The zero-order chi connectivity index (χ0) is 25.4. The number of carbonyl (C=O) groups is 2. The monoisotopic (exact) mass is 479 g/mol. The zero-order valence-electron chi connectivity index (χ0n) is 18.8. The highest BCUT2D eigenvalue weighted by Gasteiger charge is 2.52. The summed E-state index contributed by atoms with van der Waals surface area (Å²) in [6.07, 6.45) is -4.82. The predicted molar refractivity (Wildman–Crippen MR) is 122 cm³/mol. The van der Waals surface area contributed by atoms with E-state index in [1.165, 1.54) is 24.8 Å². The summed E-state index contributed by atoms with van der Waals surface area (Å²) in [5.41, 5.74) is -2.79. The third-order valence-electron chi connectivity index (χ3n) is 5.78. The number of halogens is 3. The third-order valence-corrected chi connectivity index (χ3v) is 5.78. The average Bonchev–Trinajstić information content (AvgIpc) is 2.99. The van der Waals surface area contributed by atoms with Gasteiger partial charge in [0, 0.05) is 5.56 Å². The van der Waals surface area contributed by atoms with Crippen LogP contribution in [0.25, 0.3) is 0 Å². The number of alkyl halides is 3. The molecule has 6 nitrogen and oxygen atoms in total. The molecule has 0 unspecified atom stereocenters. The van der Waals surface area contributed by atoms with E-state index in [0.29, 0.717) is 23.1 Å². The molecule has 0 aromatic heterocycles. The maximum atomic E-state index is 13.5.